The van der Waals surface area contributed by atoms with Gasteiger partial charge in [-0.1, -0.05) is 0 Å². The second kappa shape index (κ2) is 6.26. The van der Waals surface area contributed by atoms with Gasteiger partial charge in [0.2, 0.25) is 0 Å². The molecule has 1 aliphatic carbocycles. The van der Waals surface area contributed by atoms with Crippen molar-refractivity contribution >= 4 is 11.6 Å². The third kappa shape index (κ3) is 2.74. The van der Waals surface area contributed by atoms with Crippen LogP contribution in [0.5, 0.6) is 0 Å². The van der Waals surface area contributed by atoms with Gasteiger partial charge in [0.05, 0.1) is 17.5 Å². The van der Waals surface area contributed by atoms with Crippen molar-refractivity contribution in [3.8, 4) is 22.6 Å². The topological polar surface area (TPSA) is 81.2 Å². The van der Waals surface area contributed by atoms with Crippen LogP contribution < -0.4 is 0 Å². The minimum Gasteiger partial charge on any atom is -0.339 e. The zero-order chi connectivity index (χ0) is 19.3. The molecule has 0 N–H and O–H groups in total. The van der Waals surface area contributed by atoms with Crippen molar-refractivity contribution in [2.75, 3.05) is 7.05 Å². The summed E-state index contributed by atoms with van der Waals surface area (Å²) in [5.41, 5.74) is 3.83. The van der Waals surface area contributed by atoms with E-state index in [4.69, 9.17) is 0 Å². The summed E-state index contributed by atoms with van der Waals surface area (Å²) >= 11 is 0. The van der Waals surface area contributed by atoms with Gasteiger partial charge in [-0.2, -0.15) is 5.10 Å². The van der Waals surface area contributed by atoms with Gasteiger partial charge >= 0.3 is 0 Å². The number of hydrogen-bond donors (Lipinski definition) is 0. The van der Waals surface area contributed by atoms with Crippen LogP contribution in [0.2, 0.25) is 0 Å². The first kappa shape index (κ1) is 16.6. The van der Waals surface area contributed by atoms with Gasteiger partial charge in [-0.05, 0) is 37.1 Å². The predicted molar refractivity (Wildman–Crippen MR) is 104 cm³/mol. The molecule has 0 saturated heterocycles. The Bertz CT molecular complexity index is 1170. The molecule has 4 aromatic heterocycles. The molecule has 1 amide bonds. The van der Waals surface area contributed by atoms with E-state index in [1.54, 1.807) is 27.8 Å². The number of rotatable bonds is 4. The Hall–Kier alpha value is -3.55. The maximum Gasteiger partial charge on any atom is 0.257 e. The Balaban J connectivity index is 1.56. The van der Waals surface area contributed by atoms with Crippen molar-refractivity contribution in [2.45, 2.75) is 18.9 Å². The molecule has 1 saturated carbocycles. The fourth-order valence-electron chi connectivity index (χ4n) is 3.40. The number of fused-ring (bicyclic) bond motifs is 1. The number of aromatic nitrogens is 6. The number of hydrogen-bond acceptors (Lipinski definition) is 5. The van der Waals surface area contributed by atoms with Gasteiger partial charge in [0.25, 0.3) is 5.91 Å². The van der Waals surface area contributed by atoms with Crippen LogP contribution in [0.3, 0.4) is 0 Å². The molecule has 140 valence electrons. The third-order valence-electron chi connectivity index (χ3n) is 5.11. The maximum absolute atomic E-state index is 12.9. The zero-order valence-electron chi connectivity index (χ0n) is 15.6. The molecular formula is C20H19N7O. The minimum absolute atomic E-state index is 0.00277. The molecule has 28 heavy (non-hydrogen) atoms. The molecule has 0 aromatic carbocycles. The van der Waals surface area contributed by atoms with Crippen molar-refractivity contribution in [2.24, 2.45) is 7.05 Å². The molecule has 1 aliphatic rings. The summed E-state index contributed by atoms with van der Waals surface area (Å²) in [6.45, 7) is 0. The lowest BCUT2D eigenvalue weighted by atomic mass is 10.1. The molecule has 0 aliphatic heterocycles. The number of nitrogens with zero attached hydrogens (tertiary/aromatic N) is 7. The quantitative estimate of drug-likeness (QED) is 0.549. The van der Waals surface area contributed by atoms with Gasteiger partial charge in [0.15, 0.2) is 11.5 Å². The van der Waals surface area contributed by atoms with Crippen molar-refractivity contribution < 1.29 is 4.79 Å². The van der Waals surface area contributed by atoms with Crippen molar-refractivity contribution in [3.63, 3.8) is 0 Å². The van der Waals surface area contributed by atoms with E-state index in [9.17, 15) is 4.79 Å². The number of amides is 1. The second-order valence-electron chi connectivity index (χ2n) is 7.07. The molecule has 5 rings (SSSR count). The standard InChI is InChI=1S/C20H19N7O/c1-25(15-5-6-15)20(28)16-12-22-26(2)18(16)13-7-9-27-17(10-13)23-19(24-27)14-4-3-8-21-11-14/h3-4,7-12,15H,5-6H2,1-2H3. The summed E-state index contributed by atoms with van der Waals surface area (Å²) in [5, 5.41) is 8.84. The van der Waals surface area contributed by atoms with Gasteiger partial charge in [-0.25, -0.2) is 9.50 Å². The van der Waals surface area contributed by atoms with Crippen LogP contribution in [0.15, 0.2) is 49.1 Å². The van der Waals surface area contributed by atoms with E-state index in [-0.39, 0.29) is 5.91 Å². The average molecular weight is 373 g/mol. The van der Waals surface area contributed by atoms with Crippen LogP contribution in [-0.2, 0) is 7.05 Å². The van der Waals surface area contributed by atoms with E-state index in [2.05, 4.69) is 20.2 Å². The number of aryl methyl sites for hydroxylation is 1. The molecule has 8 nitrogen and oxygen atoms in total. The van der Waals surface area contributed by atoms with Crippen molar-refractivity contribution in [1.82, 2.24) is 34.3 Å². The smallest absolute Gasteiger partial charge is 0.257 e. The van der Waals surface area contributed by atoms with Crippen LogP contribution in [0.1, 0.15) is 23.2 Å². The first-order valence-electron chi connectivity index (χ1n) is 9.18. The van der Waals surface area contributed by atoms with Crippen LogP contribution in [0.4, 0.5) is 0 Å². The number of pyridine rings is 2. The number of carbonyl (C=O) groups excluding carboxylic acids is 1. The van der Waals surface area contributed by atoms with Crippen LogP contribution in [-0.4, -0.2) is 53.3 Å². The summed E-state index contributed by atoms with van der Waals surface area (Å²) in [4.78, 5) is 23.5. The molecule has 0 unspecified atom stereocenters. The lowest BCUT2D eigenvalue weighted by Crippen LogP contribution is -2.28. The van der Waals surface area contributed by atoms with Crippen LogP contribution in [0, 0.1) is 0 Å². The summed E-state index contributed by atoms with van der Waals surface area (Å²) in [5.74, 6) is 0.614. The predicted octanol–water partition coefficient (Wildman–Crippen LogP) is 2.43. The van der Waals surface area contributed by atoms with Gasteiger partial charge < -0.3 is 4.90 Å². The van der Waals surface area contributed by atoms with Crippen LogP contribution >= 0.6 is 0 Å². The van der Waals surface area contributed by atoms with E-state index >= 15 is 0 Å². The van der Waals surface area contributed by atoms with E-state index in [0.29, 0.717) is 23.1 Å². The first-order valence-corrected chi connectivity index (χ1v) is 9.18. The highest BCUT2D eigenvalue weighted by Gasteiger charge is 2.32. The number of carbonyl (C=O) groups is 1. The molecule has 8 heteroatoms. The van der Waals surface area contributed by atoms with E-state index in [1.807, 2.05) is 49.5 Å². The molecule has 1 fully saturated rings. The Kier molecular flexibility index (Phi) is 3.71. The monoisotopic (exact) mass is 373 g/mol. The molecule has 0 spiro atoms. The Labute approximate surface area is 161 Å². The summed E-state index contributed by atoms with van der Waals surface area (Å²) in [6, 6.07) is 7.99. The highest BCUT2D eigenvalue weighted by molar-refractivity contribution is 6.00. The van der Waals surface area contributed by atoms with Gasteiger partial charge in [0.1, 0.15) is 0 Å². The minimum atomic E-state index is 0.00277. The summed E-state index contributed by atoms with van der Waals surface area (Å²) in [7, 11) is 3.71. The first-order chi connectivity index (χ1) is 13.6. The highest BCUT2D eigenvalue weighted by atomic mass is 16.2. The zero-order valence-corrected chi connectivity index (χ0v) is 15.6. The molecule has 0 bridgehead atoms. The van der Waals surface area contributed by atoms with Gasteiger partial charge in [-0.3, -0.25) is 14.5 Å². The molecule has 4 aromatic rings. The van der Waals surface area contributed by atoms with Crippen molar-refractivity contribution in [1.29, 1.82) is 0 Å². The fraction of sp³-hybridized carbons (Fsp3) is 0.250. The Morgan fingerprint density at radius 3 is 2.82 bits per heavy atom. The largest absolute Gasteiger partial charge is 0.339 e. The van der Waals surface area contributed by atoms with E-state index in [0.717, 1.165) is 29.7 Å². The highest BCUT2D eigenvalue weighted by Crippen LogP contribution is 2.30. The van der Waals surface area contributed by atoms with E-state index < -0.39 is 0 Å². The van der Waals surface area contributed by atoms with Crippen LogP contribution in [0.25, 0.3) is 28.3 Å². The second-order valence-corrected chi connectivity index (χ2v) is 7.07. The molecule has 0 atom stereocenters. The molecule has 4 heterocycles. The average Bonchev–Trinajstić information content (AvgIpc) is 3.37. The molecular weight excluding hydrogens is 354 g/mol. The van der Waals surface area contributed by atoms with Gasteiger partial charge in [0, 0.05) is 49.9 Å². The normalized spacial score (nSPS) is 13.8. The molecule has 0 radical (unpaired) electrons. The Morgan fingerprint density at radius 2 is 2.07 bits per heavy atom. The maximum atomic E-state index is 12.9. The summed E-state index contributed by atoms with van der Waals surface area (Å²) in [6.07, 6.45) is 9.09. The Morgan fingerprint density at radius 1 is 1.21 bits per heavy atom. The lowest BCUT2D eigenvalue weighted by Gasteiger charge is -2.16. The lowest BCUT2D eigenvalue weighted by molar-refractivity contribution is 0.0786. The van der Waals surface area contributed by atoms with Gasteiger partial charge in [-0.15, -0.1) is 5.10 Å². The SMILES string of the molecule is CN(C(=O)c1cnn(C)c1-c1ccn2nc(-c3cccnc3)nc2c1)C1CC1. The fourth-order valence-corrected chi connectivity index (χ4v) is 3.40. The van der Waals surface area contributed by atoms with Crippen molar-refractivity contribution in [3.05, 3.63) is 54.6 Å². The summed E-state index contributed by atoms with van der Waals surface area (Å²) < 4.78 is 3.46. The third-order valence-corrected chi connectivity index (χ3v) is 5.11. The van der Waals surface area contributed by atoms with E-state index in [1.165, 1.54) is 0 Å².